The molecule has 2 rings (SSSR count). The first kappa shape index (κ1) is 16.9. The van der Waals surface area contributed by atoms with Crippen molar-refractivity contribution in [2.24, 2.45) is 0 Å². The lowest BCUT2D eigenvalue weighted by Crippen LogP contribution is -2.08. The average molecular weight is 314 g/mol. The van der Waals surface area contributed by atoms with Gasteiger partial charge in [0.25, 0.3) is 0 Å². The van der Waals surface area contributed by atoms with E-state index in [1.165, 1.54) is 43.5 Å². The summed E-state index contributed by atoms with van der Waals surface area (Å²) in [7, 11) is 0. The second-order valence-corrected chi connectivity index (χ2v) is 5.32. The van der Waals surface area contributed by atoms with Crippen LogP contribution in [0.3, 0.4) is 0 Å². The summed E-state index contributed by atoms with van der Waals surface area (Å²) in [4.78, 5) is 11.9. The number of unbranched alkanes of at least 4 members (excludes halogenated alkanes) is 3. The maximum Gasteiger partial charge on any atom is 0.343 e. The lowest BCUT2D eigenvalue weighted by molar-refractivity contribution is 0.0734. The number of phenolic OH excluding ortho intramolecular Hbond substituents is 1. The van der Waals surface area contributed by atoms with Crippen molar-refractivity contribution >= 4 is 5.97 Å². The van der Waals surface area contributed by atoms with Gasteiger partial charge >= 0.3 is 5.97 Å². The third kappa shape index (κ3) is 5.66. The molecule has 0 unspecified atom stereocenters. The first-order valence-electron chi connectivity index (χ1n) is 7.93. The second-order valence-electron chi connectivity index (χ2n) is 5.32. The Labute approximate surface area is 136 Å². The van der Waals surface area contributed by atoms with Crippen LogP contribution in [-0.2, 0) is 0 Å². The zero-order chi connectivity index (χ0) is 16.5. The molecule has 2 aromatic rings. The SMILES string of the molecule is CCCCCCOc1ccc(OC(=O)c2ccc(O)cc2)cc1. The minimum absolute atomic E-state index is 0.113. The minimum Gasteiger partial charge on any atom is -0.508 e. The van der Waals surface area contributed by atoms with Crippen LogP contribution in [-0.4, -0.2) is 17.7 Å². The Hall–Kier alpha value is -2.49. The van der Waals surface area contributed by atoms with Gasteiger partial charge in [0.1, 0.15) is 17.2 Å². The molecule has 1 N–H and O–H groups in total. The maximum absolute atomic E-state index is 11.9. The smallest absolute Gasteiger partial charge is 0.343 e. The molecule has 0 radical (unpaired) electrons. The van der Waals surface area contributed by atoms with Gasteiger partial charge < -0.3 is 14.6 Å². The number of esters is 1. The zero-order valence-electron chi connectivity index (χ0n) is 13.3. The Balaban J connectivity index is 1.82. The summed E-state index contributed by atoms with van der Waals surface area (Å²) in [6.07, 6.45) is 4.67. The molecule has 23 heavy (non-hydrogen) atoms. The van der Waals surface area contributed by atoms with E-state index in [2.05, 4.69) is 6.92 Å². The topological polar surface area (TPSA) is 55.8 Å². The molecule has 0 saturated heterocycles. The molecule has 0 saturated carbocycles. The fraction of sp³-hybridized carbons (Fsp3) is 0.316. The van der Waals surface area contributed by atoms with Crippen molar-refractivity contribution in [1.29, 1.82) is 0 Å². The van der Waals surface area contributed by atoms with Crippen molar-refractivity contribution < 1.29 is 19.4 Å². The van der Waals surface area contributed by atoms with Crippen LogP contribution in [0.4, 0.5) is 0 Å². The van der Waals surface area contributed by atoms with Crippen LogP contribution in [0.2, 0.25) is 0 Å². The van der Waals surface area contributed by atoms with E-state index in [1.54, 1.807) is 24.3 Å². The van der Waals surface area contributed by atoms with Crippen molar-refractivity contribution in [3.63, 3.8) is 0 Å². The predicted molar refractivity (Wildman–Crippen MR) is 89.1 cm³/mol. The maximum atomic E-state index is 11.9. The number of hydrogen-bond donors (Lipinski definition) is 1. The summed E-state index contributed by atoms with van der Waals surface area (Å²) in [5.41, 5.74) is 0.388. The molecule has 2 aromatic carbocycles. The Kier molecular flexibility index (Phi) is 6.48. The van der Waals surface area contributed by atoms with Gasteiger partial charge in [-0.25, -0.2) is 4.79 Å². The van der Waals surface area contributed by atoms with E-state index in [9.17, 15) is 9.90 Å². The van der Waals surface area contributed by atoms with Crippen LogP contribution in [0.15, 0.2) is 48.5 Å². The van der Waals surface area contributed by atoms with E-state index in [4.69, 9.17) is 9.47 Å². The van der Waals surface area contributed by atoms with Crippen LogP contribution in [0.25, 0.3) is 0 Å². The highest BCUT2D eigenvalue weighted by atomic mass is 16.5. The number of benzene rings is 2. The van der Waals surface area contributed by atoms with Gasteiger partial charge in [0, 0.05) is 0 Å². The molecule has 0 aromatic heterocycles. The summed E-state index contributed by atoms with van der Waals surface area (Å²) >= 11 is 0. The van der Waals surface area contributed by atoms with E-state index >= 15 is 0 Å². The molecule has 0 aliphatic carbocycles. The fourth-order valence-corrected chi connectivity index (χ4v) is 2.09. The minimum atomic E-state index is -0.460. The second kappa shape index (κ2) is 8.83. The number of carbonyl (C=O) groups excluding carboxylic acids is 1. The number of ether oxygens (including phenoxy) is 2. The largest absolute Gasteiger partial charge is 0.508 e. The Morgan fingerprint density at radius 3 is 2.22 bits per heavy atom. The number of hydrogen-bond acceptors (Lipinski definition) is 4. The zero-order valence-corrected chi connectivity index (χ0v) is 13.3. The predicted octanol–water partition coefficient (Wildman–Crippen LogP) is 4.57. The van der Waals surface area contributed by atoms with E-state index in [1.807, 2.05) is 0 Å². The van der Waals surface area contributed by atoms with E-state index in [-0.39, 0.29) is 5.75 Å². The van der Waals surface area contributed by atoms with Crippen molar-refractivity contribution in [3.05, 3.63) is 54.1 Å². The number of aromatic hydroxyl groups is 1. The molecular weight excluding hydrogens is 292 g/mol. The highest BCUT2D eigenvalue weighted by Crippen LogP contribution is 2.19. The van der Waals surface area contributed by atoms with Crippen molar-refractivity contribution in [2.45, 2.75) is 32.6 Å². The Morgan fingerprint density at radius 1 is 0.913 bits per heavy atom. The number of phenols is 1. The number of carbonyl (C=O) groups is 1. The number of rotatable bonds is 8. The van der Waals surface area contributed by atoms with Gasteiger partial charge in [-0.15, -0.1) is 0 Å². The molecule has 0 bridgehead atoms. The molecule has 0 atom stereocenters. The molecule has 0 fully saturated rings. The van der Waals surface area contributed by atoms with Crippen molar-refractivity contribution in [1.82, 2.24) is 0 Å². The molecule has 0 aliphatic rings. The van der Waals surface area contributed by atoms with Crippen LogP contribution in [0.1, 0.15) is 43.0 Å². The van der Waals surface area contributed by atoms with Gasteiger partial charge in [-0.3, -0.25) is 0 Å². The monoisotopic (exact) mass is 314 g/mol. The first-order chi connectivity index (χ1) is 11.2. The van der Waals surface area contributed by atoms with E-state index in [0.29, 0.717) is 17.9 Å². The summed E-state index contributed by atoms with van der Waals surface area (Å²) < 4.78 is 10.9. The van der Waals surface area contributed by atoms with Gasteiger partial charge in [-0.05, 0) is 55.0 Å². The quantitative estimate of drug-likeness (QED) is 0.440. The summed E-state index contributed by atoms with van der Waals surface area (Å²) in [5.74, 6) is 0.882. The average Bonchev–Trinajstić information content (AvgIpc) is 2.57. The fourth-order valence-electron chi connectivity index (χ4n) is 2.09. The Bertz CT molecular complexity index is 602. The molecule has 0 spiro atoms. The molecule has 0 aliphatic heterocycles. The summed E-state index contributed by atoms with van der Waals surface area (Å²) in [6, 6.07) is 12.9. The molecule has 4 heteroatoms. The molecule has 0 heterocycles. The van der Waals surface area contributed by atoms with Gasteiger partial charge in [0.05, 0.1) is 12.2 Å². The molecule has 4 nitrogen and oxygen atoms in total. The Morgan fingerprint density at radius 2 is 1.57 bits per heavy atom. The normalized spacial score (nSPS) is 10.3. The first-order valence-corrected chi connectivity index (χ1v) is 7.93. The van der Waals surface area contributed by atoms with Gasteiger partial charge in [0.2, 0.25) is 0 Å². The summed E-state index contributed by atoms with van der Waals surface area (Å²) in [6.45, 7) is 2.88. The standard InChI is InChI=1S/C19H22O4/c1-2-3-4-5-14-22-17-10-12-18(13-11-17)23-19(21)15-6-8-16(20)9-7-15/h6-13,20H,2-5,14H2,1H3. The third-order valence-corrected chi connectivity index (χ3v) is 3.40. The van der Waals surface area contributed by atoms with Crippen molar-refractivity contribution in [2.75, 3.05) is 6.61 Å². The lowest BCUT2D eigenvalue weighted by atomic mass is 10.2. The van der Waals surface area contributed by atoms with Crippen LogP contribution < -0.4 is 9.47 Å². The molecule has 0 amide bonds. The molecule has 122 valence electrons. The summed E-state index contributed by atoms with van der Waals surface area (Å²) in [5, 5.41) is 9.21. The van der Waals surface area contributed by atoms with Crippen molar-refractivity contribution in [3.8, 4) is 17.2 Å². The highest BCUT2D eigenvalue weighted by Gasteiger charge is 2.08. The van der Waals surface area contributed by atoms with Crippen LogP contribution in [0, 0.1) is 0 Å². The van der Waals surface area contributed by atoms with Gasteiger partial charge in [-0.1, -0.05) is 26.2 Å². The van der Waals surface area contributed by atoms with Crippen LogP contribution >= 0.6 is 0 Å². The highest BCUT2D eigenvalue weighted by molar-refractivity contribution is 5.91. The molecular formula is C19H22O4. The van der Waals surface area contributed by atoms with Gasteiger partial charge in [-0.2, -0.15) is 0 Å². The lowest BCUT2D eigenvalue weighted by Gasteiger charge is -2.08. The van der Waals surface area contributed by atoms with Gasteiger partial charge in [0.15, 0.2) is 0 Å². The van der Waals surface area contributed by atoms with E-state index < -0.39 is 5.97 Å². The van der Waals surface area contributed by atoms with E-state index in [0.717, 1.165) is 12.2 Å². The van der Waals surface area contributed by atoms with Crippen LogP contribution in [0.5, 0.6) is 17.2 Å². The third-order valence-electron chi connectivity index (χ3n) is 3.40.